The number of hydrogen-bond acceptors (Lipinski definition) is 3. The maximum Gasteiger partial charge on any atom is 0.195 e. The van der Waals surface area contributed by atoms with Crippen LogP contribution in [0.4, 0.5) is 5.69 Å². The zero-order valence-electron chi connectivity index (χ0n) is 10.2. The molecule has 0 spiro atoms. The third-order valence-corrected chi connectivity index (χ3v) is 3.67. The van der Waals surface area contributed by atoms with Gasteiger partial charge in [0.25, 0.3) is 0 Å². The molecule has 2 aromatic heterocycles. The van der Waals surface area contributed by atoms with Crippen LogP contribution in [0.1, 0.15) is 15.9 Å². The highest BCUT2D eigenvalue weighted by molar-refractivity contribution is 6.37. The van der Waals surface area contributed by atoms with Gasteiger partial charge in [0.2, 0.25) is 0 Å². The van der Waals surface area contributed by atoms with Crippen LogP contribution in [-0.2, 0) is 0 Å². The number of hydrogen-bond donors (Lipinski definition) is 2. The molecule has 0 aliphatic rings. The molecule has 20 heavy (non-hydrogen) atoms. The molecule has 0 aliphatic carbocycles. The van der Waals surface area contributed by atoms with E-state index in [1.165, 1.54) is 0 Å². The molecule has 3 aromatic rings. The van der Waals surface area contributed by atoms with Crippen molar-refractivity contribution in [3.8, 4) is 0 Å². The van der Waals surface area contributed by atoms with Gasteiger partial charge >= 0.3 is 0 Å². The number of halogens is 2. The number of nitrogens with zero attached hydrogens (tertiary/aromatic N) is 1. The predicted octanol–water partition coefficient (Wildman–Crippen LogP) is 3.68. The molecule has 0 amide bonds. The van der Waals surface area contributed by atoms with Gasteiger partial charge in [-0.25, -0.2) is 4.98 Å². The molecule has 3 rings (SSSR count). The van der Waals surface area contributed by atoms with E-state index in [0.29, 0.717) is 37.9 Å². The smallest absolute Gasteiger partial charge is 0.195 e. The predicted molar refractivity (Wildman–Crippen MR) is 80.4 cm³/mol. The average molecular weight is 306 g/mol. The van der Waals surface area contributed by atoms with Gasteiger partial charge in [0.1, 0.15) is 5.65 Å². The van der Waals surface area contributed by atoms with Crippen molar-refractivity contribution < 1.29 is 4.79 Å². The van der Waals surface area contributed by atoms with Gasteiger partial charge in [0.15, 0.2) is 5.78 Å². The number of nitrogens with one attached hydrogen (secondary N) is 1. The van der Waals surface area contributed by atoms with E-state index in [1.807, 2.05) is 0 Å². The summed E-state index contributed by atoms with van der Waals surface area (Å²) in [6.45, 7) is 0. The molecule has 4 nitrogen and oxygen atoms in total. The minimum Gasteiger partial charge on any atom is -0.398 e. The van der Waals surface area contributed by atoms with Crippen molar-refractivity contribution in [3.63, 3.8) is 0 Å². The van der Waals surface area contributed by atoms with Crippen molar-refractivity contribution in [2.45, 2.75) is 0 Å². The van der Waals surface area contributed by atoms with Crippen LogP contribution in [0.5, 0.6) is 0 Å². The fourth-order valence-corrected chi connectivity index (χ4v) is 2.45. The second-order valence-electron chi connectivity index (χ2n) is 4.28. The molecule has 0 saturated heterocycles. The van der Waals surface area contributed by atoms with Crippen molar-refractivity contribution in [2.24, 2.45) is 0 Å². The molecule has 0 fully saturated rings. The van der Waals surface area contributed by atoms with Crippen LogP contribution in [-0.4, -0.2) is 15.8 Å². The Balaban J connectivity index is 2.15. The van der Waals surface area contributed by atoms with Crippen LogP contribution in [0.3, 0.4) is 0 Å². The molecule has 0 atom stereocenters. The number of rotatable bonds is 2. The number of aromatic nitrogens is 2. The van der Waals surface area contributed by atoms with Crippen molar-refractivity contribution >= 4 is 45.7 Å². The summed E-state index contributed by atoms with van der Waals surface area (Å²) >= 11 is 12.1. The van der Waals surface area contributed by atoms with Gasteiger partial charge in [-0.1, -0.05) is 23.2 Å². The molecule has 100 valence electrons. The first kappa shape index (κ1) is 13.0. The molecule has 0 radical (unpaired) electrons. The van der Waals surface area contributed by atoms with Crippen LogP contribution in [0, 0.1) is 0 Å². The van der Waals surface area contributed by atoms with Crippen LogP contribution in [0.2, 0.25) is 10.0 Å². The zero-order chi connectivity index (χ0) is 14.3. The summed E-state index contributed by atoms with van der Waals surface area (Å²) in [6, 6.07) is 6.42. The number of carbonyl (C=O) groups is 1. The Morgan fingerprint density at radius 2 is 2.00 bits per heavy atom. The number of carbonyl (C=O) groups excluding carboxylic acids is 1. The van der Waals surface area contributed by atoms with Gasteiger partial charge in [-0.05, 0) is 24.3 Å². The van der Waals surface area contributed by atoms with Crippen molar-refractivity contribution in [1.82, 2.24) is 9.97 Å². The number of H-pyrrole nitrogens is 1. The Bertz CT molecular complexity index is 826. The van der Waals surface area contributed by atoms with E-state index in [-0.39, 0.29) is 5.78 Å². The van der Waals surface area contributed by atoms with E-state index < -0.39 is 0 Å². The van der Waals surface area contributed by atoms with Gasteiger partial charge in [-0.2, -0.15) is 0 Å². The first-order valence-corrected chi connectivity index (χ1v) is 6.55. The van der Waals surface area contributed by atoms with Gasteiger partial charge in [0, 0.05) is 23.3 Å². The lowest BCUT2D eigenvalue weighted by Gasteiger charge is -2.03. The lowest BCUT2D eigenvalue weighted by molar-refractivity contribution is 0.104. The van der Waals surface area contributed by atoms with Crippen molar-refractivity contribution in [3.05, 3.63) is 57.8 Å². The third-order valence-electron chi connectivity index (χ3n) is 3.03. The van der Waals surface area contributed by atoms with Gasteiger partial charge < -0.3 is 10.7 Å². The number of nitrogens with two attached hydrogens (primary N) is 1. The Morgan fingerprint density at radius 1 is 1.20 bits per heavy atom. The van der Waals surface area contributed by atoms with E-state index in [1.54, 1.807) is 36.7 Å². The minimum atomic E-state index is -0.187. The summed E-state index contributed by atoms with van der Waals surface area (Å²) in [5.41, 5.74) is 7.55. The standard InChI is InChI=1S/C14H9Cl2N3O/c15-9-3-4-18-14-12(9)8(6-19-14)13(20)7-1-2-11(17)10(16)5-7/h1-6H,17H2,(H,18,19). The molecule has 0 bridgehead atoms. The highest BCUT2D eigenvalue weighted by Gasteiger charge is 2.17. The number of ketones is 1. The zero-order valence-corrected chi connectivity index (χ0v) is 11.7. The molecule has 1 aromatic carbocycles. The van der Waals surface area contributed by atoms with Crippen molar-refractivity contribution in [2.75, 3.05) is 5.73 Å². The number of anilines is 1. The molecule has 0 aliphatic heterocycles. The quantitative estimate of drug-likeness (QED) is 0.560. The SMILES string of the molecule is Nc1ccc(C(=O)c2c[nH]c3nccc(Cl)c23)cc1Cl. The van der Waals surface area contributed by atoms with Crippen LogP contribution >= 0.6 is 23.2 Å². The lowest BCUT2D eigenvalue weighted by Crippen LogP contribution is -2.01. The molecule has 3 N–H and O–H groups in total. The van der Waals surface area contributed by atoms with Gasteiger partial charge in [-0.15, -0.1) is 0 Å². The Hall–Kier alpha value is -2.04. The molecule has 0 saturated carbocycles. The van der Waals surface area contributed by atoms with E-state index >= 15 is 0 Å². The monoisotopic (exact) mass is 305 g/mol. The lowest BCUT2D eigenvalue weighted by atomic mass is 10.0. The molecular formula is C14H9Cl2N3O. The average Bonchev–Trinajstić information content (AvgIpc) is 2.86. The summed E-state index contributed by atoms with van der Waals surface area (Å²) in [5.74, 6) is -0.187. The summed E-state index contributed by atoms with van der Waals surface area (Å²) in [6.07, 6.45) is 3.17. The highest BCUT2D eigenvalue weighted by atomic mass is 35.5. The maximum absolute atomic E-state index is 12.5. The van der Waals surface area contributed by atoms with Gasteiger partial charge in [-0.3, -0.25) is 4.79 Å². The largest absolute Gasteiger partial charge is 0.398 e. The summed E-state index contributed by atoms with van der Waals surface area (Å²) in [4.78, 5) is 19.6. The maximum atomic E-state index is 12.5. The topological polar surface area (TPSA) is 71.8 Å². The number of fused-ring (bicyclic) bond motifs is 1. The Morgan fingerprint density at radius 3 is 2.75 bits per heavy atom. The summed E-state index contributed by atoms with van der Waals surface area (Å²) < 4.78 is 0. The second kappa shape index (κ2) is 4.81. The third kappa shape index (κ3) is 2.03. The minimum absolute atomic E-state index is 0.187. The second-order valence-corrected chi connectivity index (χ2v) is 5.10. The normalized spacial score (nSPS) is 10.9. The number of benzene rings is 1. The number of nitrogen functional groups attached to an aromatic ring is 1. The highest BCUT2D eigenvalue weighted by Crippen LogP contribution is 2.28. The number of pyridine rings is 1. The Kier molecular flexibility index (Phi) is 3.12. The van der Waals surface area contributed by atoms with Crippen LogP contribution in [0.15, 0.2) is 36.7 Å². The Labute approximate surface area is 124 Å². The van der Waals surface area contributed by atoms with E-state index in [0.717, 1.165) is 0 Å². The van der Waals surface area contributed by atoms with E-state index in [9.17, 15) is 4.79 Å². The molecule has 2 heterocycles. The summed E-state index contributed by atoms with van der Waals surface area (Å²) in [7, 11) is 0. The fraction of sp³-hybridized carbons (Fsp3) is 0. The molecule has 6 heteroatoms. The van der Waals surface area contributed by atoms with E-state index in [2.05, 4.69) is 9.97 Å². The van der Waals surface area contributed by atoms with E-state index in [4.69, 9.17) is 28.9 Å². The number of aromatic amines is 1. The summed E-state index contributed by atoms with van der Waals surface area (Å²) in [5, 5.41) is 1.42. The van der Waals surface area contributed by atoms with Gasteiger partial charge in [0.05, 0.1) is 21.3 Å². The first-order valence-electron chi connectivity index (χ1n) is 5.79. The van der Waals surface area contributed by atoms with Crippen LogP contribution in [0.25, 0.3) is 11.0 Å². The molecular weight excluding hydrogens is 297 g/mol. The molecule has 0 unspecified atom stereocenters. The van der Waals surface area contributed by atoms with Crippen molar-refractivity contribution in [1.29, 1.82) is 0 Å². The van der Waals surface area contributed by atoms with Crippen LogP contribution < -0.4 is 5.73 Å². The first-order chi connectivity index (χ1) is 9.58. The fourth-order valence-electron chi connectivity index (χ4n) is 2.02.